The molecule has 1 aromatic rings. The van der Waals surface area contributed by atoms with Gasteiger partial charge in [0.2, 0.25) is 0 Å². The third-order valence-corrected chi connectivity index (χ3v) is 2.24. The van der Waals surface area contributed by atoms with E-state index in [4.69, 9.17) is 5.11 Å². The van der Waals surface area contributed by atoms with Gasteiger partial charge in [-0.3, -0.25) is 9.36 Å². The van der Waals surface area contributed by atoms with Gasteiger partial charge in [0.1, 0.15) is 0 Å². The van der Waals surface area contributed by atoms with Gasteiger partial charge in [0, 0.05) is 12.0 Å². The molecule has 70 valence electrons. The summed E-state index contributed by atoms with van der Waals surface area (Å²) in [7, 11) is 0. The Kier molecular flexibility index (Phi) is 2.14. The number of nitrogens with zero attached hydrogens (tertiary/aromatic N) is 2. The minimum Gasteiger partial charge on any atom is -0.395 e. The highest BCUT2D eigenvalue weighted by molar-refractivity contribution is 5.12. The molecule has 1 heterocycles. The van der Waals surface area contributed by atoms with E-state index in [-0.39, 0.29) is 12.2 Å². The summed E-state index contributed by atoms with van der Waals surface area (Å²) in [4.78, 5) is 15.5. The number of aliphatic hydroxyl groups excluding tert-OH is 1. The Morgan fingerprint density at radius 3 is 2.92 bits per heavy atom. The lowest BCUT2D eigenvalue weighted by atomic mass is 10.3. The Morgan fingerprint density at radius 1 is 1.62 bits per heavy atom. The maximum atomic E-state index is 11.4. The van der Waals surface area contributed by atoms with Crippen molar-refractivity contribution in [2.75, 3.05) is 6.61 Å². The molecular weight excluding hydrogens is 168 g/mol. The van der Waals surface area contributed by atoms with Crippen LogP contribution in [-0.2, 0) is 6.54 Å². The highest BCUT2D eigenvalue weighted by atomic mass is 16.3. The minimum absolute atomic E-state index is 0.0235. The number of hydrogen-bond donors (Lipinski definition) is 1. The van der Waals surface area contributed by atoms with Crippen LogP contribution in [0.2, 0.25) is 0 Å². The van der Waals surface area contributed by atoms with E-state index >= 15 is 0 Å². The Labute approximate surface area is 75.9 Å². The molecule has 1 N–H and O–H groups in total. The van der Waals surface area contributed by atoms with Crippen LogP contribution in [0.1, 0.15) is 24.5 Å². The summed E-state index contributed by atoms with van der Waals surface area (Å²) in [5, 5.41) is 8.65. The first kappa shape index (κ1) is 8.44. The first-order valence-electron chi connectivity index (χ1n) is 4.48. The third kappa shape index (κ3) is 1.78. The molecule has 2 rings (SSSR count). The van der Waals surface area contributed by atoms with E-state index in [1.165, 1.54) is 10.9 Å². The molecule has 1 aliphatic carbocycles. The lowest BCUT2D eigenvalue weighted by Crippen LogP contribution is -2.21. The SMILES string of the molecule is O=c1cc(C2CC2)ncn1CCO. The molecule has 0 amide bonds. The molecule has 1 aliphatic rings. The van der Waals surface area contributed by atoms with Crippen molar-refractivity contribution in [3.63, 3.8) is 0 Å². The summed E-state index contributed by atoms with van der Waals surface area (Å²) < 4.78 is 1.42. The van der Waals surface area contributed by atoms with E-state index in [0.29, 0.717) is 12.5 Å². The molecule has 0 aromatic carbocycles. The molecule has 1 aromatic heterocycles. The Balaban J connectivity index is 2.26. The van der Waals surface area contributed by atoms with Crippen molar-refractivity contribution in [3.8, 4) is 0 Å². The molecule has 4 heteroatoms. The van der Waals surface area contributed by atoms with Crippen LogP contribution in [0.25, 0.3) is 0 Å². The van der Waals surface area contributed by atoms with Crippen LogP contribution in [0, 0.1) is 0 Å². The molecule has 0 atom stereocenters. The van der Waals surface area contributed by atoms with Gasteiger partial charge >= 0.3 is 0 Å². The number of aliphatic hydroxyl groups is 1. The monoisotopic (exact) mass is 180 g/mol. The molecule has 1 fully saturated rings. The Hall–Kier alpha value is -1.16. The van der Waals surface area contributed by atoms with Crippen LogP contribution in [0.15, 0.2) is 17.2 Å². The molecule has 0 radical (unpaired) electrons. The van der Waals surface area contributed by atoms with E-state index in [1.54, 1.807) is 6.07 Å². The normalized spacial score (nSPS) is 16.1. The fourth-order valence-corrected chi connectivity index (χ4v) is 1.32. The van der Waals surface area contributed by atoms with Gasteiger partial charge in [0.15, 0.2) is 0 Å². The predicted octanol–water partition coefficient (Wildman–Crippen LogP) is 0.113. The summed E-state index contributed by atoms with van der Waals surface area (Å²) in [5.74, 6) is 0.511. The molecule has 0 spiro atoms. The van der Waals surface area contributed by atoms with Crippen LogP contribution in [-0.4, -0.2) is 21.3 Å². The van der Waals surface area contributed by atoms with Crippen LogP contribution < -0.4 is 5.56 Å². The van der Waals surface area contributed by atoms with E-state index in [9.17, 15) is 4.79 Å². The summed E-state index contributed by atoms with van der Waals surface area (Å²) >= 11 is 0. The minimum atomic E-state index is -0.0639. The van der Waals surface area contributed by atoms with Crippen molar-refractivity contribution < 1.29 is 5.11 Å². The summed E-state index contributed by atoms with van der Waals surface area (Å²) in [6.07, 6.45) is 3.82. The standard InChI is InChI=1S/C9H12N2O2/c12-4-3-11-6-10-8(5-9(11)13)7-1-2-7/h5-7,12H,1-4H2. The van der Waals surface area contributed by atoms with Gasteiger partial charge in [-0.05, 0) is 12.8 Å². The molecular formula is C9H12N2O2. The van der Waals surface area contributed by atoms with Gasteiger partial charge in [-0.25, -0.2) is 4.98 Å². The van der Waals surface area contributed by atoms with Gasteiger partial charge in [-0.15, -0.1) is 0 Å². The van der Waals surface area contributed by atoms with E-state index in [2.05, 4.69) is 4.98 Å². The quantitative estimate of drug-likeness (QED) is 0.718. The van der Waals surface area contributed by atoms with Crippen molar-refractivity contribution in [1.82, 2.24) is 9.55 Å². The highest BCUT2D eigenvalue weighted by Gasteiger charge is 2.25. The fourth-order valence-electron chi connectivity index (χ4n) is 1.32. The maximum absolute atomic E-state index is 11.4. The molecule has 0 aliphatic heterocycles. The molecule has 13 heavy (non-hydrogen) atoms. The number of rotatable bonds is 3. The van der Waals surface area contributed by atoms with Crippen LogP contribution in [0.5, 0.6) is 0 Å². The third-order valence-electron chi connectivity index (χ3n) is 2.24. The van der Waals surface area contributed by atoms with Crippen molar-refractivity contribution in [3.05, 3.63) is 28.4 Å². The summed E-state index contributed by atoms with van der Waals surface area (Å²) in [6, 6.07) is 1.58. The smallest absolute Gasteiger partial charge is 0.253 e. The maximum Gasteiger partial charge on any atom is 0.253 e. The number of aromatic nitrogens is 2. The summed E-state index contributed by atoms with van der Waals surface area (Å²) in [6.45, 7) is 0.307. The summed E-state index contributed by atoms with van der Waals surface area (Å²) in [5.41, 5.74) is 0.838. The zero-order chi connectivity index (χ0) is 9.26. The van der Waals surface area contributed by atoms with Crippen LogP contribution >= 0.6 is 0 Å². The van der Waals surface area contributed by atoms with Crippen molar-refractivity contribution in [1.29, 1.82) is 0 Å². The average Bonchev–Trinajstić information content (AvgIpc) is 2.91. The van der Waals surface area contributed by atoms with E-state index < -0.39 is 0 Å². The van der Waals surface area contributed by atoms with Gasteiger partial charge < -0.3 is 5.11 Å². The van der Waals surface area contributed by atoms with E-state index in [0.717, 1.165) is 18.5 Å². The zero-order valence-corrected chi connectivity index (χ0v) is 7.31. The van der Waals surface area contributed by atoms with Gasteiger partial charge in [0.05, 0.1) is 25.2 Å². The molecule has 1 saturated carbocycles. The van der Waals surface area contributed by atoms with Gasteiger partial charge in [-0.2, -0.15) is 0 Å². The topological polar surface area (TPSA) is 55.1 Å². The van der Waals surface area contributed by atoms with Crippen LogP contribution in [0.3, 0.4) is 0 Å². The van der Waals surface area contributed by atoms with Crippen LogP contribution in [0.4, 0.5) is 0 Å². The van der Waals surface area contributed by atoms with Crippen molar-refractivity contribution in [2.45, 2.75) is 25.3 Å². The first-order chi connectivity index (χ1) is 6.31. The predicted molar refractivity (Wildman–Crippen MR) is 47.6 cm³/mol. The molecule has 4 nitrogen and oxygen atoms in total. The second-order valence-corrected chi connectivity index (χ2v) is 3.34. The first-order valence-corrected chi connectivity index (χ1v) is 4.48. The fraction of sp³-hybridized carbons (Fsp3) is 0.556. The Morgan fingerprint density at radius 2 is 2.38 bits per heavy atom. The second kappa shape index (κ2) is 3.30. The van der Waals surface area contributed by atoms with Gasteiger partial charge in [-0.1, -0.05) is 0 Å². The largest absolute Gasteiger partial charge is 0.395 e. The van der Waals surface area contributed by atoms with E-state index in [1.807, 2.05) is 0 Å². The van der Waals surface area contributed by atoms with Crippen molar-refractivity contribution >= 4 is 0 Å². The lowest BCUT2D eigenvalue weighted by molar-refractivity contribution is 0.273. The highest BCUT2D eigenvalue weighted by Crippen LogP contribution is 2.38. The number of hydrogen-bond acceptors (Lipinski definition) is 3. The average molecular weight is 180 g/mol. The molecule has 0 unspecified atom stereocenters. The van der Waals surface area contributed by atoms with Crippen molar-refractivity contribution in [2.24, 2.45) is 0 Å². The molecule has 0 bridgehead atoms. The lowest BCUT2D eigenvalue weighted by Gasteiger charge is -2.02. The Bertz CT molecular complexity index is 355. The zero-order valence-electron chi connectivity index (χ0n) is 7.31. The molecule has 0 saturated heterocycles. The van der Waals surface area contributed by atoms with Gasteiger partial charge in [0.25, 0.3) is 5.56 Å². The second-order valence-electron chi connectivity index (χ2n) is 3.34.